The summed E-state index contributed by atoms with van der Waals surface area (Å²) >= 11 is 0. The largest absolute Gasteiger partial charge is 0.478 e. The van der Waals surface area contributed by atoms with E-state index in [1.165, 1.54) is 13.0 Å². The second-order valence-electron chi connectivity index (χ2n) is 14.4. The van der Waals surface area contributed by atoms with Crippen LogP contribution in [0.25, 0.3) is 0 Å². The Bertz CT molecular complexity index is 1020. The van der Waals surface area contributed by atoms with Crippen molar-refractivity contribution >= 4 is 11.8 Å². The number of aliphatic carboxylic acids is 1. The molecule has 0 bridgehead atoms. The number of ether oxygens (including phenoxy) is 1. The third kappa shape index (κ3) is 2.79. The van der Waals surface area contributed by atoms with Crippen molar-refractivity contribution in [3.63, 3.8) is 0 Å². The van der Waals surface area contributed by atoms with Crippen LogP contribution in [0.1, 0.15) is 99.8 Å². The van der Waals surface area contributed by atoms with Crippen molar-refractivity contribution in [1.82, 2.24) is 0 Å². The maximum atomic E-state index is 14.2. The molecule has 5 rings (SSSR count). The van der Waals surface area contributed by atoms with Gasteiger partial charge in [0.25, 0.3) is 0 Å². The molecule has 1 heterocycles. The number of ketones is 1. The van der Waals surface area contributed by atoms with E-state index in [9.17, 15) is 24.9 Å². The van der Waals surface area contributed by atoms with Crippen LogP contribution < -0.4 is 0 Å². The summed E-state index contributed by atoms with van der Waals surface area (Å²) in [5, 5.41) is 30.9. The fourth-order valence-electron chi connectivity index (χ4n) is 10.7. The lowest BCUT2D eigenvalue weighted by Crippen LogP contribution is -2.67. The highest BCUT2D eigenvalue weighted by Crippen LogP contribution is 2.86. The summed E-state index contributed by atoms with van der Waals surface area (Å²) in [4.78, 5) is 25.5. The molecule has 0 unspecified atom stereocenters. The van der Waals surface area contributed by atoms with E-state index in [0.29, 0.717) is 18.6 Å². The number of carbonyl (C=O) groups is 2. The second-order valence-corrected chi connectivity index (χ2v) is 14.4. The molecule has 6 heteroatoms. The highest BCUT2D eigenvalue weighted by Gasteiger charge is 2.91. The molecule has 0 radical (unpaired) electrons. The van der Waals surface area contributed by atoms with Gasteiger partial charge in [-0.1, -0.05) is 41.5 Å². The Morgan fingerprint density at radius 3 is 2.44 bits per heavy atom. The fourth-order valence-corrected chi connectivity index (χ4v) is 10.7. The van der Waals surface area contributed by atoms with E-state index in [0.717, 1.165) is 38.5 Å². The first-order chi connectivity index (χ1) is 16.5. The summed E-state index contributed by atoms with van der Waals surface area (Å²) in [5.41, 5.74) is -1.67. The van der Waals surface area contributed by atoms with E-state index >= 15 is 0 Å². The lowest BCUT2D eigenvalue weighted by molar-refractivity contribution is -0.197. The second kappa shape index (κ2) is 7.66. The van der Waals surface area contributed by atoms with Gasteiger partial charge < -0.3 is 20.1 Å². The molecule has 0 amide bonds. The molecular formula is C30H46O6. The summed E-state index contributed by atoms with van der Waals surface area (Å²) in [5.74, 6) is -0.235. The van der Waals surface area contributed by atoms with Crippen LogP contribution in [0.15, 0.2) is 11.6 Å². The van der Waals surface area contributed by atoms with Crippen LogP contribution in [0.5, 0.6) is 0 Å². The van der Waals surface area contributed by atoms with Crippen LogP contribution in [-0.2, 0) is 14.3 Å². The van der Waals surface area contributed by atoms with E-state index in [1.54, 1.807) is 0 Å². The number of carboxylic acids is 1. The molecule has 202 valence electrons. The number of epoxide rings is 1. The normalized spacial score (nSPS) is 50.9. The van der Waals surface area contributed by atoms with E-state index in [1.807, 2.05) is 0 Å². The van der Waals surface area contributed by atoms with Gasteiger partial charge in [-0.25, -0.2) is 4.79 Å². The molecule has 4 saturated carbocycles. The third-order valence-corrected chi connectivity index (χ3v) is 13.1. The van der Waals surface area contributed by atoms with Gasteiger partial charge in [0.05, 0.1) is 23.7 Å². The van der Waals surface area contributed by atoms with Crippen LogP contribution >= 0.6 is 0 Å². The van der Waals surface area contributed by atoms with Gasteiger partial charge in [-0.15, -0.1) is 0 Å². The Labute approximate surface area is 215 Å². The molecule has 2 spiro atoms. The maximum Gasteiger partial charge on any atom is 0.331 e. The van der Waals surface area contributed by atoms with Crippen LogP contribution in [0.3, 0.4) is 0 Å². The minimum absolute atomic E-state index is 0.0400. The lowest BCUT2D eigenvalue weighted by atomic mass is 9.40. The van der Waals surface area contributed by atoms with Crippen molar-refractivity contribution in [3.8, 4) is 0 Å². The molecule has 36 heavy (non-hydrogen) atoms. The Morgan fingerprint density at radius 1 is 1.14 bits per heavy atom. The Balaban J connectivity index is 1.53. The number of fused-ring (bicyclic) bond motifs is 2. The molecule has 0 aromatic carbocycles. The smallest absolute Gasteiger partial charge is 0.331 e. The lowest BCUT2D eigenvalue weighted by Gasteiger charge is -2.63. The van der Waals surface area contributed by atoms with Gasteiger partial charge in [0, 0.05) is 17.4 Å². The number of hydrogen-bond acceptors (Lipinski definition) is 5. The van der Waals surface area contributed by atoms with E-state index in [2.05, 4.69) is 41.5 Å². The van der Waals surface area contributed by atoms with Gasteiger partial charge in [-0.2, -0.15) is 0 Å². The van der Waals surface area contributed by atoms with Crippen LogP contribution in [0, 0.1) is 38.9 Å². The van der Waals surface area contributed by atoms with Crippen molar-refractivity contribution in [2.45, 2.75) is 124 Å². The van der Waals surface area contributed by atoms with Gasteiger partial charge >= 0.3 is 5.97 Å². The number of carbonyl (C=O) groups excluding carboxylic acids is 1. The number of aliphatic hydroxyl groups excluding tert-OH is 2. The van der Waals surface area contributed by atoms with E-state index < -0.39 is 23.1 Å². The molecular weight excluding hydrogens is 456 g/mol. The molecule has 10 atom stereocenters. The quantitative estimate of drug-likeness (QED) is 0.364. The summed E-state index contributed by atoms with van der Waals surface area (Å²) < 4.78 is 6.78. The highest BCUT2D eigenvalue weighted by molar-refractivity contribution is 5.90. The topological polar surface area (TPSA) is 107 Å². The Morgan fingerprint density at radius 2 is 1.81 bits per heavy atom. The van der Waals surface area contributed by atoms with Crippen LogP contribution in [0.2, 0.25) is 0 Å². The van der Waals surface area contributed by atoms with Crippen LogP contribution in [0.4, 0.5) is 0 Å². The predicted octanol–water partition coefficient (Wildman–Crippen LogP) is 4.90. The average molecular weight is 503 g/mol. The molecule has 5 fully saturated rings. The van der Waals surface area contributed by atoms with Gasteiger partial charge in [0.1, 0.15) is 11.4 Å². The monoisotopic (exact) mass is 502 g/mol. The van der Waals surface area contributed by atoms with Crippen molar-refractivity contribution in [1.29, 1.82) is 0 Å². The first-order valence-electron chi connectivity index (χ1n) is 14.0. The number of carboxylic acid groups (broad SMARTS) is 1. The van der Waals surface area contributed by atoms with Gasteiger partial charge in [-0.05, 0) is 86.0 Å². The number of hydrogen-bond donors (Lipinski definition) is 3. The predicted molar refractivity (Wildman–Crippen MR) is 136 cm³/mol. The number of aliphatic hydroxyl groups is 2. The average Bonchev–Trinajstić information content (AvgIpc) is 3.34. The summed E-state index contributed by atoms with van der Waals surface area (Å²) in [7, 11) is 0. The minimum atomic E-state index is -1.01. The molecule has 4 aliphatic carbocycles. The van der Waals surface area contributed by atoms with Crippen molar-refractivity contribution in [2.24, 2.45) is 38.9 Å². The molecule has 1 saturated heterocycles. The van der Waals surface area contributed by atoms with Crippen molar-refractivity contribution < 1.29 is 29.6 Å². The molecule has 6 nitrogen and oxygen atoms in total. The first kappa shape index (κ1) is 26.4. The van der Waals surface area contributed by atoms with Crippen LogP contribution in [-0.4, -0.2) is 51.0 Å². The summed E-state index contributed by atoms with van der Waals surface area (Å²) in [6.45, 7) is 15.1. The SMILES string of the molecule is C/C(=C\[C@@H](O)C[C@@H](C)[C@@]1(C)C[C@H]2O[C@]23[C@]1(C)CCC(=O)[C@@]31CC[C@H]2C(C)(C)[C@H](O)CC[C@@]21C)C(=O)O. The van der Waals surface area contributed by atoms with Gasteiger partial charge in [-0.3, -0.25) is 4.79 Å². The first-order valence-corrected chi connectivity index (χ1v) is 14.0. The fraction of sp³-hybridized carbons (Fsp3) is 0.867. The molecule has 0 aromatic heterocycles. The zero-order valence-electron chi connectivity index (χ0n) is 23.2. The van der Waals surface area contributed by atoms with E-state index in [4.69, 9.17) is 4.74 Å². The molecule has 3 N–H and O–H groups in total. The standard InChI is InChI=1S/C30H46O6/c1-17(24(34)35)14-19(31)15-18(2)27(6)16-23-30(36-23)28(27,7)12-10-22(33)29(30)13-8-20-25(3,4)21(32)9-11-26(20,29)5/h14,18-21,23,31-32H,8-13,15-16H2,1-7H3,(H,34,35)/b17-14+/t18-,19-,20+,21-,23-,26+,27-,28-,29-,30+/m1/s1. The zero-order valence-corrected chi connectivity index (χ0v) is 23.2. The van der Waals surface area contributed by atoms with Gasteiger partial charge in [0.15, 0.2) is 0 Å². The third-order valence-electron chi connectivity index (χ3n) is 13.1. The number of Topliss-reactive ketones (excluding diaryl/α,β-unsaturated/α-hetero) is 1. The zero-order chi connectivity index (χ0) is 26.7. The minimum Gasteiger partial charge on any atom is -0.478 e. The number of rotatable bonds is 5. The molecule has 1 aliphatic heterocycles. The van der Waals surface area contributed by atoms with Crippen molar-refractivity contribution in [3.05, 3.63) is 11.6 Å². The van der Waals surface area contributed by atoms with E-state index in [-0.39, 0.29) is 51.3 Å². The molecule has 5 aliphatic rings. The van der Waals surface area contributed by atoms with Crippen molar-refractivity contribution in [2.75, 3.05) is 0 Å². The van der Waals surface area contributed by atoms with Gasteiger partial charge in [0.2, 0.25) is 0 Å². The summed E-state index contributed by atoms with van der Waals surface area (Å²) in [6, 6.07) is 0. The maximum absolute atomic E-state index is 14.2. The Kier molecular flexibility index (Phi) is 5.61. The Hall–Kier alpha value is -1.24. The highest BCUT2D eigenvalue weighted by atomic mass is 16.6. The molecule has 0 aromatic rings. The summed E-state index contributed by atoms with van der Waals surface area (Å²) in [6.07, 6.45) is 6.39.